The van der Waals surface area contributed by atoms with E-state index in [2.05, 4.69) is 15.1 Å². The van der Waals surface area contributed by atoms with Crippen molar-refractivity contribution in [2.45, 2.75) is 6.92 Å². The number of aromatic amines is 1. The summed E-state index contributed by atoms with van der Waals surface area (Å²) in [5.41, 5.74) is 5.71. The van der Waals surface area contributed by atoms with Crippen molar-refractivity contribution < 1.29 is 5.21 Å². The van der Waals surface area contributed by atoms with Crippen LogP contribution in [0.5, 0.6) is 0 Å². The molecule has 0 fully saturated rings. The second-order valence-electron chi connectivity index (χ2n) is 6.56. The minimum atomic E-state index is 0.445. The fourth-order valence-electron chi connectivity index (χ4n) is 3.22. The van der Waals surface area contributed by atoms with Crippen LogP contribution in [0.2, 0.25) is 5.02 Å². The van der Waals surface area contributed by atoms with Gasteiger partial charge in [-0.05, 0) is 42.8 Å². The van der Waals surface area contributed by atoms with Gasteiger partial charge in [0.1, 0.15) is 5.71 Å². The lowest BCUT2D eigenvalue weighted by Gasteiger charge is -2.18. The van der Waals surface area contributed by atoms with Gasteiger partial charge >= 0.3 is 0 Å². The Morgan fingerprint density at radius 1 is 1.04 bits per heavy atom. The van der Waals surface area contributed by atoms with Gasteiger partial charge in [-0.3, -0.25) is 0 Å². The number of anilines is 2. The minimum Gasteiger partial charge on any atom is -0.410 e. The molecule has 5 nitrogen and oxygen atoms in total. The first kappa shape index (κ1) is 18.1. The summed E-state index contributed by atoms with van der Waals surface area (Å²) in [7, 11) is 1.92. The predicted octanol–water partition coefficient (Wildman–Crippen LogP) is 5.52. The van der Waals surface area contributed by atoms with E-state index in [1.807, 2.05) is 85.6 Å². The van der Waals surface area contributed by atoms with Gasteiger partial charge in [-0.15, -0.1) is 0 Å². The number of oxime groups is 1. The molecule has 4 aromatic rings. The zero-order valence-corrected chi connectivity index (χ0v) is 16.3. The van der Waals surface area contributed by atoms with E-state index in [4.69, 9.17) is 11.6 Å². The van der Waals surface area contributed by atoms with E-state index in [9.17, 15) is 5.21 Å². The maximum absolute atomic E-state index is 9.62. The summed E-state index contributed by atoms with van der Waals surface area (Å²) in [4.78, 5) is 9.85. The highest BCUT2D eigenvalue weighted by atomic mass is 35.5. The molecule has 3 aromatic carbocycles. The van der Waals surface area contributed by atoms with Crippen LogP contribution in [0.25, 0.3) is 11.0 Å². The van der Waals surface area contributed by atoms with Gasteiger partial charge in [0, 0.05) is 23.9 Å². The Balaban J connectivity index is 1.70. The van der Waals surface area contributed by atoms with Crippen molar-refractivity contribution in [3.8, 4) is 0 Å². The number of fused-ring (bicyclic) bond motifs is 1. The fraction of sp³-hybridized carbons (Fsp3) is 0.0909. The Morgan fingerprint density at radius 3 is 2.50 bits per heavy atom. The molecular formula is C22H19ClN4O. The largest absolute Gasteiger partial charge is 0.410 e. The van der Waals surface area contributed by atoms with E-state index in [-0.39, 0.29) is 0 Å². The number of halogens is 1. The first-order valence-electron chi connectivity index (χ1n) is 8.85. The lowest BCUT2D eigenvalue weighted by atomic mass is 9.98. The molecule has 1 heterocycles. The number of aromatic nitrogens is 2. The molecule has 140 valence electrons. The summed E-state index contributed by atoms with van der Waals surface area (Å²) in [6, 6.07) is 21.2. The Labute approximate surface area is 167 Å². The highest BCUT2D eigenvalue weighted by Crippen LogP contribution is 2.30. The predicted molar refractivity (Wildman–Crippen MR) is 114 cm³/mol. The Bertz CT molecular complexity index is 1150. The van der Waals surface area contributed by atoms with Crippen LogP contribution < -0.4 is 4.90 Å². The average Bonchev–Trinajstić information content (AvgIpc) is 3.14. The molecule has 0 bridgehead atoms. The van der Waals surface area contributed by atoms with Gasteiger partial charge in [0.05, 0.1) is 16.1 Å². The van der Waals surface area contributed by atoms with E-state index in [1.165, 1.54) is 0 Å². The third-order valence-electron chi connectivity index (χ3n) is 4.79. The van der Waals surface area contributed by atoms with Crippen LogP contribution in [-0.2, 0) is 0 Å². The molecule has 0 aliphatic heterocycles. The summed E-state index contributed by atoms with van der Waals surface area (Å²) in [6.45, 7) is 1.97. The second-order valence-corrected chi connectivity index (χ2v) is 6.97. The molecule has 0 amide bonds. The summed E-state index contributed by atoms with van der Waals surface area (Å²) in [5.74, 6) is 0.722. The van der Waals surface area contributed by atoms with Gasteiger partial charge < -0.3 is 15.1 Å². The average molecular weight is 391 g/mol. The highest BCUT2D eigenvalue weighted by molar-refractivity contribution is 6.35. The van der Waals surface area contributed by atoms with Crippen molar-refractivity contribution in [3.05, 3.63) is 88.4 Å². The molecule has 0 radical (unpaired) electrons. The first-order valence-corrected chi connectivity index (χ1v) is 9.22. The summed E-state index contributed by atoms with van der Waals surface area (Å²) in [6.07, 6.45) is 0. The van der Waals surface area contributed by atoms with Crippen LogP contribution in [0, 0.1) is 6.92 Å². The van der Waals surface area contributed by atoms with Gasteiger partial charge in [-0.25, -0.2) is 4.98 Å². The molecule has 1 aromatic heterocycles. The van der Waals surface area contributed by atoms with Crippen molar-refractivity contribution >= 4 is 40.0 Å². The van der Waals surface area contributed by atoms with Gasteiger partial charge in [-0.1, -0.05) is 53.2 Å². The molecule has 0 unspecified atom stereocenters. The monoisotopic (exact) mass is 390 g/mol. The first-order chi connectivity index (χ1) is 13.6. The maximum atomic E-state index is 9.62. The number of hydrogen-bond donors (Lipinski definition) is 2. The number of imidazole rings is 1. The number of hydrogen-bond acceptors (Lipinski definition) is 4. The van der Waals surface area contributed by atoms with E-state index in [1.54, 1.807) is 0 Å². The quantitative estimate of drug-likeness (QED) is 0.274. The smallest absolute Gasteiger partial charge is 0.208 e. The third kappa shape index (κ3) is 3.21. The zero-order chi connectivity index (χ0) is 19.7. The zero-order valence-electron chi connectivity index (χ0n) is 15.5. The van der Waals surface area contributed by atoms with Crippen LogP contribution in [0.4, 0.5) is 11.6 Å². The topological polar surface area (TPSA) is 64.5 Å². The number of rotatable bonds is 4. The Morgan fingerprint density at radius 2 is 1.79 bits per heavy atom. The van der Waals surface area contributed by atoms with Crippen LogP contribution in [-0.4, -0.2) is 27.9 Å². The Kier molecular flexibility index (Phi) is 4.75. The number of aryl methyl sites for hydroxylation is 1. The SMILES string of the molecule is Cc1ccccc1C(=NO)c1ccc(N(C)c2nc3ccccc3[nH]2)cc1Cl. The summed E-state index contributed by atoms with van der Waals surface area (Å²) >= 11 is 6.57. The highest BCUT2D eigenvalue weighted by Gasteiger charge is 2.16. The van der Waals surface area contributed by atoms with Crippen molar-refractivity contribution in [1.29, 1.82) is 0 Å². The number of para-hydroxylation sites is 2. The lowest BCUT2D eigenvalue weighted by molar-refractivity contribution is 0.319. The second kappa shape index (κ2) is 7.37. The van der Waals surface area contributed by atoms with E-state index in [0.29, 0.717) is 16.3 Å². The van der Waals surface area contributed by atoms with Crippen LogP contribution in [0.1, 0.15) is 16.7 Å². The third-order valence-corrected chi connectivity index (χ3v) is 5.10. The molecule has 0 aliphatic carbocycles. The van der Waals surface area contributed by atoms with E-state index < -0.39 is 0 Å². The van der Waals surface area contributed by atoms with E-state index >= 15 is 0 Å². The van der Waals surface area contributed by atoms with Gasteiger partial charge in [-0.2, -0.15) is 0 Å². The summed E-state index contributed by atoms with van der Waals surface area (Å²) < 4.78 is 0. The van der Waals surface area contributed by atoms with Gasteiger partial charge in [0.15, 0.2) is 0 Å². The van der Waals surface area contributed by atoms with Crippen LogP contribution in [0.15, 0.2) is 71.9 Å². The molecule has 0 spiro atoms. The number of H-pyrrole nitrogens is 1. The van der Waals surface area contributed by atoms with E-state index in [0.717, 1.165) is 33.8 Å². The molecule has 0 atom stereocenters. The molecule has 0 saturated carbocycles. The molecule has 0 saturated heterocycles. The molecule has 28 heavy (non-hydrogen) atoms. The normalized spacial score (nSPS) is 11.8. The summed E-state index contributed by atoms with van der Waals surface area (Å²) in [5, 5.41) is 13.6. The van der Waals surface area contributed by atoms with Crippen LogP contribution in [0.3, 0.4) is 0 Å². The van der Waals surface area contributed by atoms with Crippen molar-refractivity contribution in [3.63, 3.8) is 0 Å². The maximum Gasteiger partial charge on any atom is 0.208 e. The fourth-order valence-corrected chi connectivity index (χ4v) is 3.48. The van der Waals surface area contributed by atoms with Crippen molar-refractivity contribution in [2.75, 3.05) is 11.9 Å². The molecular weight excluding hydrogens is 372 g/mol. The Hall–Kier alpha value is -3.31. The molecule has 2 N–H and O–H groups in total. The molecule has 4 rings (SSSR count). The lowest BCUT2D eigenvalue weighted by Crippen LogP contribution is -2.12. The molecule has 6 heteroatoms. The van der Waals surface area contributed by atoms with Crippen molar-refractivity contribution in [1.82, 2.24) is 9.97 Å². The number of nitrogens with zero attached hydrogens (tertiary/aromatic N) is 3. The number of nitrogens with one attached hydrogen (secondary N) is 1. The number of benzene rings is 3. The van der Waals surface area contributed by atoms with Crippen LogP contribution >= 0.6 is 11.6 Å². The van der Waals surface area contributed by atoms with Gasteiger partial charge in [0.2, 0.25) is 5.95 Å². The molecule has 0 aliphatic rings. The minimum absolute atomic E-state index is 0.445. The van der Waals surface area contributed by atoms with Gasteiger partial charge in [0.25, 0.3) is 0 Å². The van der Waals surface area contributed by atoms with Crippen molar-refractivity contribution in [2.24, 2.45) is 5.16 Å². The standard InChI is InChI=1S/C22H19ClN4O/c1-14-7-3-4-8-16(14)21(26-28)17-12-11-15(13-18(17)23)27(2)22-24-19-9-5-6-10-20(19)25-22/h3-13,28H,1-2H3,(H,24,25).